The van der Waals surface area contributed by atoms with E-state index in [2.05, 4.69) is 0 Å². The van der Waals surface area contributed by atoms with Crippen molar-refractivity contribution in [3.8, 4) is 0 Å². The molecule has 2 heteroatoms. The molecule has 2 aromatic rings. The quantitative estimate of drug-likeness (QED) is 0.756. The molecule has 1 nitrogen and oxygen atoms in total. The Morgan fingerprint density at radius 3 is 1.95 bits per heavy atom. The number of hydrogen-bond acceptors (Lipinski definition) is 2. The zero-order valence-corrected chi connectivity index (χ0v) is 11.8. The van der Waals surface area contributed by atoms with Crippen LogP contribution < -0.4 is 0 Å². The number of Topliss-reactive ketones (excluding diaryl/α,β-unsaturated/α-hetero) is 1. The van der Waals surface area contributed by atoms with Crippen molar-refractivity contribution in [1.29, 1.82) is 0 Å². The molecule has 0 N–H and O–H groups in total. The Morgan fingerprint density at radius 2 is 1.35 bits per heavy atom. The first kappa shape index (κ1) is 12.9. The molecule has 0 aliphatic carbocycles. The smallest absolute Gasteiger partial charge is 0.196 e. The van der Waals surface area contributed by atoms with Gasteiger partial charge in [-0.2, -0.15) is 0 Å². The lowest BCUT2D eigenvalue weighted by molar-refractivity contribution is -0.111. The number of allylic oxidation sites excluding steroid dienone is 1. The Morgan fingerprint density at radius 1 is 0.800 bits per heavy atom. The van der Waals surface area contributed by atoms with Crippen LogP contribution in [0, 0.1) is 0 Å². The van der Waals surface area contributed by atoms with Crippen LogP contribution in [0.15, 0.2) is 71.1 Å². The molecule has 3 rings (SSSR count). The molecule has 0 radical (unpaired) electrons. The summed E-state index contributed by atoms with van der Waals surface area (Å²) in [5.41, 5.74) is 3.03. The second-order valence-corrected chi connectivity index (χ2v) is 5.63. The first-order chi connectivity index (χ1) is 9.83. The normalized spacial score (nSPS) is 18.9. The van der Waals surface area contributed by atoms with Crippen molar-refractivity contribution in [3.05, 3.63) is 82.3 Å². The van der Waals surface area contributed by atoms with Crippen molar-refractivity contribution in [2.45, 2.75) is 0 Å². The van der Waals surface area contributed by atoms with Crippen LogP contribution in [-0.4, -0.2) is 11.5 Å². The third-order valence-electron chi connectivity index (χ3n) is 3.14. The Hall–Kier alpha value is -2.06. The summed E-state index contributed by atoms with van der Waals surface area (Å²) in [5, 5.41) is 0. The number of carbonyl (C=O) groups excluding carboxylic acids is 1. The zero-order valence-electron chi connectivity index (χ0n) is 11.0. The molecule has 20 heavy (non-hydrogen) atoms. The molecule has 1 saturated heterocycles. The highest BCUT2D eigenvalue weighted by atomic mass is 32.2. The van der Waals surface area contributed by atoms with Crippen LogP contribution in [0.2, 0.25) is 0 Å². The minimum absolute atomic E-state index is 0.155. The maximum atomic E-state index is 12.4. The molecule has 98 valence electrons. The molecule has 0 aromatic heterocycles. The Kier molecular flexibility index (Phi) is 3.84. The van der Waals surface area contributed by atoms with Crippen LogP contribution in [0.5, 0.6) is 0 Å². The highest BCUT2D eigenvalue weighted by Crippen LogP contribution is 2.33. The highest BCUT2D eigenvalue weighted by Gasteiger charge is 2.23. The van der Waals surface area contributed by atoms with E-state index in [0.29, 0.717) is 0 Å². The zero-order chi connectivity index (χ0) is 13.8. The molecule has 1 aliphatic rings. The molecule has 0 atom stereocenters. The number of rotatable bonds is 2. The lowest BCUT2D eigenvalue weighted by atomic mass is 10.1. The maximum absolute atomic E-state index is 12.4. The van der Waals surface area contributed by atoms with Gasteiger partial charge in [-0.15, -0.1) is 11.8 Å². The van der Waals surface area contributed by atoms with E-state index in [9.17, 15) is 4.79 Å². The van der Waals surface area contributed by atoms with Gasteiger partial charge in [0, 0.05) is 11.3 Å². The fraction of sp³-hybridized carbons (Fsp3) is 0.0556. The van der Waals surface area contributed by atoms with Crippen molar-refractivity contribution in [2.75, 3.05) is 5.75 Å². The van der Waals surface area contributed by atoms with E-state index >= 15 is 0 Å². The van der Waals surface area contributed by atoms with Crippen molar-refractivity contribution in [3.63, 3.8) is 0 Å². The number of thioether (sulfide) groups is 1. The van der Waals surface area contributed by atoms with Crippen LogP contribution >= 0.6 is 11.8 Å². The van der Waals surface area contributed by atoms with Gasteiger partial charge in [0.1, 0.15) is 0 Å². The third kappa shape index (κ3) is 2.91. The predicted molar refractivity (Wildman–Crippen MR) is 86.3 cm³/mol. The molecule has 0 unspecified atom stereocenters. The van der Waals surface area contributed by atoms with Gasteiger partial charge in [-0.1, -0.05) is 60.7 Å². The molecule has 0 saturated carbocycles. The molecule has 0 bridgehead atoms. The number of benzene rings is 2. The molecule has 1 heterocycles. The summed E-state index contributed by atoms with van der Waals surface area (Å²) in [4.78, 5) is 13.2. The molecule has 1 fully saturated rings. The fourth-order valence-electron chi connectivity index (χ4n) is 2.11. The van der Waals surface area contributed by atoms with Gasteiger partial charge in [0.15, 0.2) is 5.78 Å². The predicted octanol–water partition coefficient (Wildman–Crippen LogP) is 4.43. The van der Waals surface area contributed by atoms with Crippen molar-refractivity contribution < 1.29 is 4.79 Å². The van der Waals surface area contributed by atoms with Gasteiger partial charge in [-0.05, 0) is 23.3 Å². The van der Waals surface area contributed by atoms with E-state index < -0.39 is 0 Å². The van der Waals surface area contributed by atoms with Crippen LogP contribution in [0.3, 0.4) is 0 Å². The second-order valence-electron chi connectivity index (χ2n) is 4.62. The van der Waals surface area contributed by atoms with Gasteiger partial charge in [-0.3, -0.25) is 4.79 Å². The number of carbonyl (C=O) groups is 1. The van der Waals surface area contributed by atoms with Gasteiger partial charge in [-0.25, -0.2) is 0 Å². The molecular formula is C18H14OS. The topological polar surface area (TPSA) is 17.1 Å². The first-order valence-corrected chi connectivity index (χ1v) is 7.51. The summed E-state index contributed by atoms with van der Waals surface area (Å²) < 4.78 is 0. The summed E-state index contributed by atoms with van der Waals surface area (Å²) in [6, 6.07) is 20.0. The van der Waals surface area contributed by atoms with Crippen LogP contribution in [-0.2, 0) is 4.79 Å². The molecule has 0 spiro atoms. The monoisotopic (exact) mass is 278 g/mol. The first-order valence-electron chi connectivity index (χ1n) is 6.53. The van der Waals surface area contributed by atoms with Crippen molar-refractivity contribution >= 4 is 29.7 Å². The van der Waals surface area contributed by atoms with E-state index in [1.165, 1.54) is 0 Å². The Labute approximate surface area is 123 Å². The summed E-state index contributed by atoms with van der Waals surface area (Å²) in [6.45, 7) is 0. The lowest BCUT2D eigenvalue weighted by Gasteiger charge is -1.96. The molecule has 0 amide bonds. The van der Waals surface area contributed by atoms with Gasteiger partial charge < -0.3 is 0 Å². The number of hydrogen-bond donors (Lipinski definition) is 0. The lowest BCUT2D eigenvalue weighted by Crippen LogP contribution is -1.96. The van der Waals surface area contributed by atoms with E-state index in [4.69, 9.17) is 0 Å². The fourth-order valence-corrected chi connectivity index (χ4v) is 3.12. The third-order valence-corrected chi connectivity index (χ3v) is 4.21. The van der Waals surface area contributed by atoms with E-state index in [0.717, 1.165) is 27.4 Å². The SMILES string of the molecule is O=C1/C(=C/c2ccccc2)CS/C1=C/c1ccccc1. The van der Waals surface area contributed by atoms with E-state index in [1.54, 1.807) is 11.8 Å². The number of ketones is 1. The summed E-state index contributed by atoms with van der Waals surface area (Å²) in [5.74, 6) is 0.912. The molecule has 2 aromatic carbocycles. The van der Waals surface area contributed by atoms with E-state index in [1.807, 2.05) is 72.8 Å². The van der Waals surface area contributed by atoms with E-state index in [-0.39, 0.29) is 5.78 Å². The Bertz CT molecular complexity index is 610. The average molecular weight is 278 g/mol. The summed E-state index contributed by atoms with van der Waals surface area (Å²) in [6.07, 6.45) is 3.96. The minimum atomic E-state index is 0.155. The second kappa shape index (κ2) is 5.93. The van der Waals surface area contributed by atoms with Crippen molar-refractivity contribution in [2.24, 2.45) is 0 Å². The summed E-state index contributed by atoms with van der Waals surface area (Å²) >= 11 is 1.62. The van der Waals surface area contributed by atoms with Gasteiger partial charge in [0.05, 0.1) is 4.91 Å². The van der Waals surface area contributed by atoms with Gasteiger partial charge in [0.25, 0.3) is 0 Å². The highest BCUT2D eigenvalue weighted by molar-refractivity contribution is 8.05. The van der Waals surface area contributed by atoms with Crippen LogP contribution in [0.25, 0.3) is 12.2 Å². The van der Waals surface area contributed by atoms with Crippen LogP contribution in [0.4, 0.5) is 0 Å². The molecular weight excluding hydrogens is 264 g/mol. The molecule has 1 aliphatic heterocycles. The average Bonchev–Trinajstić information content (AvgIpc) is 2.83. The standard InChI is InChI=1S/C18H14OS/c19-18-16(11-14-7-3-1-4-8-14)13-20-17(18)12-15-9-5-2-6-10-15/h1-12H,13H2/b16-11+,17-12+. The minimum Gasteiger partial charge on any atom is -0.288 e. The van der Waals surface area contributed by atoms with Gasteiger partial charge in [0.2, 0.25) is 0 Å². The Balaban J connectivity index is 1.85. The van der Waals surface area contributed by atoms with Crippen LogP contribution in [0.1, 0.15) is 11.1 Å². The summed E-state index contributed by atoms with van der Waals surface area (Å²) in [7, 11) is 0. The van der Waals surface area contributed by atoms with Crippen molar-refractivity contribution in [1.82, 2.24) is 0 Å². The maximum Gasteiger partial charge on any atom is 0.196 e. The van der Waals surface area contributed by atoms with Gasteiger partial charge >= 0.3 is 0 Å². The largest absolute Gasteiger partial charge is 0.288 e.